The van der Waals surface area contributed by atoms with E-state index in [1.807, 2.05) is 54.1 Å². The highest BCUT2D eigenvalue weighted by Crippen LogP contribution is 2.31. The fraction of sp³-hybridized carbons (Fsp3) is 0.125. The Morgan fingerprint density at radius 1 is 1.00 bits per heavy atom. The molecule has 3 rings (SSSR count). The Morgan fingerprint density at radius 3 is 2.35 bits per heavy atom. The summed E-state index contributed by atoms with van der Waals surface area (Å²) in [6, 6.07) is 13.9. The van der Waals surface area contributed by atoms with Crippen molar-refractivity contribution in [1.82, 2.24) is 14.5 Å². The Labute approximate surface area is 117 Å². The highest BCUT2D eigenvalue weighted by Gasteiger charge is 2.16. The van der Waals surface area contributed by atoms with Crippen molar-refractivity contribution in [3.05, 3.63) is 60.7 Å². The molecular formula is C16H15N3O. The number of aromatic nitrogens is 3. The summed E-state index contributed by atoms with van der Waals surface area (Å²) in [5.74, 6) is 0.649. The van der Waals surface area contributed by atoms with E-state index in [0.29, 0.717) is 5.82 Å². The molecule has 0 saturated heterocycles. The van der Waals surface area contributed by atoms with Crippen molar-refractivity contribution < 1.29 is 5.11 Å². The summed E-state index contributed by atoms with van der Waals surface area (Å²) < 4.78 is 1.93. The van der Waals surface area contributed by atoms with Gasteiger partial charge in [0.15, 0.2) is 0 Å². The van der Waals surface area contributed by atoms with Crippen LogP contribution in [0.5, 0.6) is 0 Å². The molecule has 4 heteroatoms. The van der Waals surface area contributed by atoms with Gasteiger partial charge in [0.05, 0.1) is 11.4 Å². The van der Waals surface area contributed by atoms with Crippen molar-refractivity contribution in [2.75, 3.05) is 0 Å². The van der Waals surface area contributed by atoms with Gasteiger partial charge >= 0.3 is 0 Å². The maximum absolute atomic E-state index is 9.45. The Hall–Kier alpha value is -2.46. The summed E-state index contributed by atoms with van der Waals surface area (Å²) in [6.45, 7) is -0.0819. The SMILES string of the molecule is Cn1c(CO)nc(-c2ccccc2)c1-c1ccncc1. The maximum Gasteiger partial charge on any atom is 0.135 e. The van der Waals surface area contributed by atoms with E-state index in [9.17, 15) is 5.11 Å². The van der Waals surface area contributed by atoms with Crippen LogP contribution < -0.4 is 0 Å². The molecular weight excluding hydrogens is 250 g/mol. The molecule has 2 aromatic heterocycles. The summed E-state index contributed by atoms with van der Waals surface area (Å²) in [7, 11) is 1.92. The fourth-order valence-corrected chi connectivity index (χ4v) is 2.32. The van der Waals surface area contributed by atoms with Crippen molar-refractivity contribution in [1.29, 1.82) is 0 Å². The van der Waals surface area contributed by atoms with Crippen LogP contribution >= 0.6 is 0 Å². The third kappa shape index (κ3) is 2.10. The zero-order chi connectivity index (χ0) is 13.9. The van der Waals surface area contributed by atoms with Crippen LogP contribution in [0.3, 0.4) is 0 Å². The fourth-order valence-electron chi connectivity index (χ4n) is 2.32. The van der Waals surface area contributed by atoms with Gasteiger partial charge in [0.1, 0.15) is 12.4 Å². The molecule has 0 aliphatic heterocycles. The van der Waals surface area contributed by atoms with Gasteiger partial charge in [0.2, 0.25) is 0 Å². The summed E-state index contributed by atoms with van der Waals surface area (Å²) in [6.07, 6.45) is 3.52. The summed E-state index contributed by atoms with van der Waals surface area (Å²) in [5.41, 5.74) is 3.94. The van der Waals surface area contributed by atoms with Gasteiger partial charge in [-0.2, -0.15) is 0 Å². The first-order valence-corrected chi connectivity index (χ1v) is 6.43. The largest absolute Gasteiger partial charge is 0.388 e. The smallest absolute Gasteiger partial charge is 0.135 e. The molecule has 0 fully saturated rings. The molecule has 0 saturated carbocycles. The quantitative estimate of drug-likeness (QED) is 0.792. The molecule has 1 N–H and O–H groups in total. The van der Waals surface area contributed by atoms with Crippen LogP contribution in [0.25, 0.3) is 22.5 Å². The monoisotopic (exact) mass is 265 g/mol. The highest BCUT2D eigenvalue weighted by atomic mass is 16.3. The first-order valence-electron chi connectivity index (χ1n) is 6.43. The number of rotatable bonds is 3. The van der Waals surface area contributed by atoms with Crippen molar-refractivity contribution >= 4 is 0 Å². The van der Waals surface area contributed by atoms with Crippen LogP contribution in [0, 0.1) is 0 Å². The van der Waals surface area contributed by atoms with E-state index in [1.54, 1.807) is 12.4 Å². The minimum atomic E-state index is -0.0819. The molecule has 0 atom stereocenters. The minimum Gasteiger partial charge on any atom is -0.388 e. The lowest BCUT2D eigenvalue weighted by Gasteiger charge is -2.07. The van der Waals surface area contributed by atoms with Crippen LogP contribution in [0.2, 0.25) is 0 Å². The van der Waals surface area contributed by atoms with Gasteiger partial charge in [-0.3, -0.25) is 4.98 Å². The third-order valence-corrected chi connectivity index (χ3v) is 3.33. The van der Waals surface area contributed by atoms with E-state index in [0.717, 1.165) is 22.5 Å². The molecule has 0 radical (unpaired) electrons. The van der Waals surface area contributed by atoms with Gasteiger partial charge in [-0.25, -0.2) is 4.98 Å². The van der Waals surface area contributed by atoms with Crippen molar-refractivity contribution in [2.45, 2.75) is 6.61 Å². The Balaban J connectivity index is 2.25. The molecule has 100 valence electrons. The van der Waals surface area contributed by atoms with Crippen molar-refractivity contribution in [3.8, 4) is 22.5 Å². The zero-order valence-corrected chi connectivity index (χ0v) is 11.2. The molecule has 4 nitrogen and oxygen atoms in total. The topological polar surface area (TPSA) is 50.9 Å². The molecule has 20 heavy (non-hydrogen) atoms. The lowest BCUT2D eigenvalue weighted by atomic mass is 10.1. The second-order valence-electron chi connectivity index (χ2n) is 4.54. The van der Waals surface area contributed by atoms with Gasteiger partial charge < -0.3 is 9.67 Å². The Bertz CT molecular complexity index is 705. The molecule has 3 aromatic rings. The molecule has 1 aromatic carbocycles. The molecule has 0 spiro atoms. The minimum absolute atomic E-state index is 0.0819. The van der Waals surface area contributed by atoms with E-state index >= 15 is 0 Å². The Kier molecular flexibility index (Phi) is 3.31. The molecule has 0 amide bonds. The predicted octanol–water partition coefficient (Wildman–Crippen LogP) is 2.64. The van der Waals surface area contributed by atoms with Gasteiger partial charge in [-0.1, -0.05) is 30.3 Å². The molecule has 0 unspecified atom stereocenters. The lowest BCUT2D eigenvalue weighted by Crippen LogP contribution is -1.99. The average Bonchev–Trinajstić information content (AvgIpc) is 2.86. The van der Waals surface area contributed by atoms with Crippen LogP contribution in [0.15, 0.2) is 54.9 Å². The number of aliphatic hydroxyl groups excluding tert-OH is 1. The zero-order valence-electron chi connectivity index (χ0n) is 11.2. The second-order valence-corrected chi connectivity index (χ2v) is 4.54. The van der Waals surface area contributed by atoms with E-state index in [-0.39, 0.29) is 6.61 Å². The van der Waals surface area contributed by atoms with Crippen LogP contribution in [-0.4, -0.2) is 19.6 Å². The number of hydrogen-bond donors (Lipinski definition) is 1. The van der Waals surface area contributed by atoms with Gasteiger partial charge in [0.25, 0.3) is 0 Å². The van der Waals surface area contributed by atoms with Gasteiger partial charge in [0, 0.05) is 30.6 Å². The molecule has 0 aliphatic rings. The number of aliphatic hydroxyl groups is 1. The standard InChI is InChI=1S/C16H15N3O/c1-19-14(11-20)18-15(12-5-3-2-4-6-12)16(19)13-7-9-17-10-8-13/h2-10,20H,11H2,1H3. The van der Waals surface area contributed by atoms with Gasteiger partial charge in [-0.15, -0.1) is 0 Å². The number of pyridine rings is 1. The van der Waals surface area contributed by atoms with Crippen molar-refractivity contribution in [3.63, 3.8) is 0 Å². The molecule has 0 aliphatic carbocycles. The second kappa shape index (κ2) is 5.27. The average molecular weight is 265 g/mol. The van der Waals surface area contributed by atoms with Crippen LogP contribution in [-0.2, 0) is 13.7 Å². The van der Waals surface area contributed by atoms with E-state index in [4.69, 9.17) is 0 Å². The van der Waals surface area contributed by atoms with E-state index in [1.165, 1.54) is 0 Å². The number of nitrogens with zero attached hydrogens (tertiary/aromatic N) is 3. The molecule has 0 bridgehead atoms. The van der Waals surface area contributed by atoms with Crippen molar-refractivity contribution in [2.24, 2.45) is 7.05 Å². The summed E-state index contributed by atoms with van der Waals surface area (Å²) in [5, 5.41) is 9.45. The third-order valence-electron chi connectivity index (χ3n) is 3.33. The predicted molar refractivity (Wildman–Crippen MR) is 77.8 cm³/mol. The first kappa shape index (κ1) is 12.6. The number of benzene rings is 1. The first-order chi connectivity index (χ1) is 9.81. The number of hydrogen-bond acceptors (Lipinski definition) is 3. The van der Waals surface area contributed by atoms with Crippen LogP contribution in [0.1, 0.15) is 5.82 Å². The summed E-state index contributed by atoms with van der Waals surface area (Å²) >= 11 is 0. The van der Waals surface area contributed by atoms with E-state index < -0.39 is 0 Å². The normalized spacial score (nSPS) is 10.7. The maximum atomic E-state index is 9.45. The van der Waals surface area contributed by atoms with Gasteiger partial charge in [-0.05, 0) is 12.1 Å². The van der Waals surface area contributed by atoms with Crippen LogP contribution in [0.4, 0.5) is 0 Å². The van der Waals surface area contributed by atoms with E-state index in [2.05, 4.69) is 9.97 Å². The molecule has 2 heterocycles. The summed E-state index contributed by atoms with van der Waals surface area (Å²) in [4.78, 5) is 8.62. The number of imidazole rings is 1. The lowest BCUT2D eigenvalue weighted by molar-refractivity contribution is 0.267. The Morgan fingerprint density at radius 2 is 1.70 bits per heavy atom. The highest BCUT2D eigenvalue weighted by molar-refractivity contribution is 5.78.